The summed E-state index contributed by atoms with van der Waals surface area (Å²) in [5.41, 5.74) is -1.11. The fraction of sp³-hybridized carbons (Fsp3) is 0.588. The molecular weight excluding hydrogens is 411 g/mol. The van der Waals surface area contributed by atoms with Crippen molar-refractivity contribution in [2.24, 2.45) is 9.81 Å². The maximum Gasteiger partial charge on any atom is 0.403 e. The molecule has 1 aromatic carbocycles. The minimum Gasteiger partial charge on any atom is -0.291 e. The van der Waals surface area contributed by atoms with Gasteiger partial charge in [-0.3, -0.25) is 4.90 Å². The van der Waals surface area contributed by atoms with E-state index in [2.05, 4.69) is 4.40 Å². The van der Waals surface area contributed by atoms with Crippen LogP contribution in [0, 0.1) is 17.0 Å². The SMILES string of the molecule is CC(C)S(=O)N=C(c1ccc(F)c(Cl)c1F)C1(C)CN(C(C)C(F)(F)F)C1. The third kappa shape index (κ3) is 4.51. The lowest BCUT2D eigenvalue weighted by Gasteiger charge is -2.51. The highest BCUT2D eigenvalue weighted by molar-refractivity contribution is 7.84. The van der Waals surface area contributed by atoms with Crippen LogP contribution in [0.25, 0.3) is 0 Å². The number of halogens is 6. The van der Waals surface area contributed by atoms with Crippen molar-refractivity contribution < 1.29 is 26.2 Å². The van der Waals surface area contributed by atoms with E-state index >= 15 is 0 Å². The summed E-state index contributed by atoms with van der Waals surface area (Å²) in [6.07, 6.45) is -4.40. The highest BCUT2D eigenvalue weighted by Gasteiger charge is 2.52. The predicted molar refractivity (Wildman–Crippen MR) is 96.4 cm³/mol. The van der Waals surface area contributed by atoms with Crippen LogP contribution in [-0.2, 0) is 11.0 Å². The monoisotopic (exact) mass is 430 g/mol. The van der Waals surface area contributed by atoms with E-state index in [1.54, 1.807) is 20.8 Å². The van der Waals surface area contributed by atoms with Crippen molar-refractivity contribution in [2.45, 2.75) is 45.2 Å². The molecule has 1 aliphatic rings. The van der Waals surface area contributed by atoms with E-state index in [1.165, 1.54) is 4.90 Å². The van der Waals surface area contributed by atoms with Crippen molar-refractivity contribution in [1.82, 2.24) is 4.90 Å². The van der Waals surface area contributed by atoms with Crippen molar-refractivity contribution >= 4 is 28.3 Å². The molecule has 1 heterocycles. The molecule has 3 nitrogen and oxygen atoms in total. The number of rotatable bonds is 5. The van der Waals surface area contributed by atoms with Gasteiger partial charge in [-0.25, -0.2) is 13.0 Å². The van der Waals surface area contributed by atoms with Crippen molar-refractivity contribution in [1.29, 1.82) is 0 Å². The Hall–Kier alpha value is -1.06. The smallest absolute Gasteiger partial charge is 0.291 e. The molecule has 1 aromatic rings. The Morgan fingerprint density at radius 1 is 1.26 bits per heavy atom. The average Bonchev–Trinajstić information content (AvgIpc) is 2.53. The zero-order valence-corrected chi connectivity index (χ0v) is 16.8. The van der Waals surface area contributed by atoms with Gasteiger partial charge in [-0.15, -0.1) is 0 Å². The van der Waals surface area contributed by atoms with Gasteiger partial charge in [-0.05, 0) is 32.9 Å². The van der Waals surface area contributed by atoms with Gasteiger partial charge in [0.05, 0.1) is 11.0 Å². The first-order chi connectivity index (χ1) is 12.3. The average molecular weight is 431 g/mol. The second-order valence-electron chi connectivity index (χ2n) is 7.17. The maximum atomic E-state index is 14.6. The Morgan fingerprint density at radius 3 is 2.30 bits per heavy atom. The molecule has 0 bridgehead atoms. The van der Waals surface area contributed by atoms with Gasteiger partial charge in [-0.2, -0.15) is 17.6 Å². The molecule has 0 aliphatic carbocycles. The largest absolute Gasteiger partial charge is 0.403 e. The van der Waals surface area contributed by atoms with Crippen LogP contribution in [-0.4, -0.2) is 45.4 Å². The molecule has 2 unspecified atom stereocenters. The summed E-state index contributed by atoms with van der Waals surface area (Å²) in [4.78, 5) is 1.18. The first-order valence-corrected chi connectivity index (χ1v) is 9.77. The number of benzene rings is 1. The summed E-state index contributed by atoms with van der Waals surface area (Å²) < 4.78 is 83.2. The van der Waals surface area contributed by atoms with Crippen LogP contribution in [0.1, 0.15) is 33.3 Å². The summed E-state index contributed by atoms with van der Waals surface area (Å²) >= 11 is 5.64. The van der Waals surface area contributed by atoms with Gasteiger partial charge in [-0.1, -0.05) is 18.5 Å². The molecule has 1 aliphatic heterocycles. The van der Waals surface area contributed by atoms with Crippen molar-refractivity contribution in [3.05, 3.63) is 34.4 Å². The molecule has 1 saturated heterocycles. The number of alkyl halides is 3. The summed E-state index contributed by atoms with van der Waals surface area (Å²) in [6, 6.07) is 0.393. The van der Waals surface area contributed by atoms with Gasteiger partial charge in [0.15, 0.2) is 5.82 Å². The fourth-order valence-corrected chi connectivity index (χ4v) is 3.74. The van der Waals surface area contributed by atoms with Crippen LogP contribution in [0.2, 0.25) is 5.02 Å². The topological polar surface area (TPSA) is 32.7 Å². The summed E-state index contributed by atoms with van der Waals surface area (Å²) in [6.45, 7) is 5.82. The summed E-state index contributed by atoms with van der Waals surface area (Å²) in [5, 5.41) is -1.12. The lowest BCUT2D eigenvalue weighted by atomic mass is 9.74. The van der Waals surface area contributed by atoms with Gasteiger partial charge in [0.1, 0.15) is 27.9 Å². The van der Waals surface area contributed by atoms with Crippen LogP contribution in [0.15, 0.2) is 16.5 Å². The van der Waals surface area contributed by atoms with Crippen LogP contribution in [0.4, 0.5) is 22.0 Å². The van der Waals surface area contributed by atoms with Gasteiger partial charge in [0.2, 0.25) is 0 Å². The number of likely N-dealkylation sites (tertiary alicyclic amines) is 1. The number of hydrogen-bond donors (Lipinski definition) is 0. The Kier molecular flexibility index (Phi) is 6.38. The van der Waals surface area contributed by atoms with E-state index in [4.69, 9.17) is 11.6 Å². The van der Waals surface area contributed by atoms with Gasteiger partial charge in [0, 0.05) is 24.1 Å². The molecule has 2 rings (SSSR count). The summed E-state index contributed by atoms with van der Waals surface area (Å²) in [7, 11) is -1.73. The molecule has 2 atom stereocenters. The van der Waals surface area contributed by atoms with Crippen LogP contribution < -0.4 is 0 Å². The molecule has 0 N–H and O–H groups in total. The van der Waals surface area contributed by atoms with Crippen molar-refractivity contribution in [3.63, 3.8) is 0 Å². The summed E-state index contributed by atoms with van der Waals surface area (Å²) in [5.74, 6) is -2.03. The van der Waals surface area contributed by atoms with E-state index in [-0.39, 0.29) is 29.6 Å². The van der Waals surface area contributed by atoms with Crippen molar-refractivity contribution in [2.75, 3.05) is 13.1 Å². The molecule has 0 radical (unpaired) electrons. The third-order valence-corrected chi connectivity index (χ3v) is 6.09. The molecule has 10 heteroatoms. The molecule has 0 spiro atoms. The zero-order chi connectivity index (χ0) is 20.7. The minimum absolute atomic E-state index is 0.0274. The van der Waals surface area contributed by atoms with E-state index in [1.807, 2.05) is 0 Å². The molecular formula is C17H20ClF5N2OS. The normalized spacial score (nSPS) is 20.5. The molecule has 152 valence electrons. The first kappa shape index (κ1) is 22.2. The fourth-order valence-electron chi connectivity index (χ4n) is 2.87. The van der Waals surface area contributed by atoms with E-state index in [0.717, 1.165) is 19.1 Å². The first-order valence-electron chi connectivity index (χ1n) is 8.22. The predicted octanol–water partition coefficient (Wildman–Crippen LogP) is 4.75. The highest BCUT2D eigenvalue weighted by Crippen LogP contribution is 2.40. The van der Waals surface area contributed by atoms with E-state index < -0.39 is 45.3 Å². The minimum atomic E-state index is -4.40. The number of hydrogen-bond acceptors (Lipinski definition) is 2. The Labute approximate surface area is 162 Å². The maximum absolute atomic E-state index is 14.6. The molecule has 0 amide bonds. The zero-order valence-electron chi connectivity index (χ0n) is 15.2. The van der Waals surface area contributed by atoms with E-state index in [9.17, 15) is 26.2 Å². The van der Waals surface area contributed by atoms with Crippen LogP contribution >= 0.6 is 11.6 Å². The lowest BCUT2D eigenvalue weighted by molar-refractivity contribution is -0.196. The number of nitrogens with zero attached hydrogens (tertiary/aromatic N) is 2. The Bertz CT molecular complexity index is 775. The second-order valence-corrected chi connectivity index (χ2v) is 9.23. The van der Waals surface area contributed by atoms with Crippen LogP contribution in [0.5, 0.6) is 0 Å². The quantitative estimate of drug-likeness (QED) is 0.383. The second kappa shape index (κ2) is 7.75. The van der Waals surface area contributed by atoms with Crippen LogP contribution in [0.3, 0.4) is 0 Å². The molecule has 0 aromatic heterocycles. The molecule has 0 saturated carbocycles. The van der Waals surface area contributed by atoms with Gasteiger partial charge >= 0.3 is 6.18 Å². The molecule has 27 heavy (non-hydrogen) atoms. The third-order valence-electron chi connectivity index (χ3n) is 4.57. The highest BCUT2D eigenvalue weighted by atomic mass is 35.5. The van der Waals surface area contributed by atoms with Gasteiger partial charge < -0.3 is 0 Å². The molecule has 1 fully saturated rings. The standard InChI is InChI=1S/C17H20ClF5N2OS/c1-9(2)27(26)24-15(11-5-6-12(19)13(18)14(11)20)16(4)7-25(8-16)10(3)17(21,22)23/h5-6,9-10H,7-8H2,1-4H3. The van der Waals surface area contributed by atoms with E-state index in [0.29, 0.717) is 0 Å². The lowest BCUT2D eigenvalue weighted by Crippen LogP contribution is -2.64. The van der Waals surface area contributed by atoms with Crippen molar-refractivity contribution in [3.8, 4) is 0 Å². The Morgan fingerprint density at radius 2 is 1.81 bits per heavy atom. The van der Waals surface area contributed by atoms with Gasteiger partial charge in [0.25, 0.3) is 0 Å². The Balaban J connectivity index is 2.45.